The van der Waals surface area contributed by atoms with E-state index in [2.05, 4.69) is 19.1 Å². The summed E-state index contributed by atoms with van der Waals surface area (Å²) in [5.41, 5.74) is 1.54. The van der Waals surface area contributed by atoms with Crippen LogP contribution < -0.4 is 0 Å². The third kappa shape index (κ3) is 9.58. The third-order valence-corrected chi connectivity index (χ3v) is 6.13. The van der Waals surface area contributed by atoms with Crippen molar-refractivity contribution in [3.63, 3.8) is 0 Å². The Morgan fingerprint density at radius 2 is 1.57 bits per heavy atom. The van der Waals surface area contributed by atoms with Crippen molar-refractivity contribution in [1.82, 2.24) is 4.90 Å². The molecule has 6 nitrogen and oxygen atoms in total. The van der Waals surface area contributed by atoms with Crippen LogP contribution in [0.1, 0.15) is 97.6 Å². The second-order valence-corrected chi connectivity index (χ2v) is 10.4. The molecule has 0 bridgehead atoms. The largest absolute Gasteiger partial charge is 0.487 e. The minimum atomic E-state index is -0.514. The molecule has 1 fully saturated rings. The molecule has 1 amide bonds. The summed E-state index contributed by atoms with van der Waals surface area (Å²) in [6, 6.07) is 8.19. The van der Waals surface area contributed by atoms with E-state index in [0.29, 0.717) is 19.8 Å². The van der Waals surface area contributed by atoms with Gasteiger partial charge in [0.2, 0.25) is 5.76 Å². The van der Waals surface area contributed by atoms with Gasteiger partial charge in [0.15, 0.2) is 0 Å². The lowest BCUT2D eigenvalue weighted by Crippen LogP contribution is -2.41. The molecule has 0 spiro atoms. The lowest BCUT2D eigenvalue weighted by Gasteiger charge is -2.31. The zero-order valence-corrected chi connectivity index (χ0v) is 22.7. The third-order valence-electron chi connectivity index (χ3n) is 6.13. The minimum Gasteiger partial charge on any atom is -0.487 e. The minimum absolute atomic E-state index is 0.0353. The van der Waals surface area contributed by atoms with Crippen LogP contribution in [0.25, 0.3) is 6.08 Å². The number of esters is 1. The Hall–Kier alpha value is -2.50. The standard InChI is InChI=1S/C29H45NO5/c1-7-10-11-12-13-20-30(27(32)35-28(4,5)6)22-29(18-19-29)24-16-14-23(15-17-24)21-25(33-8-2)26(31)34-9-3/h14-17,21H,7-13,18-20,22H2,1-6H3. The summed E-state index contributed by atoms with van der Waals surface area (Å²) in [6.07, 6.45) is 9.34. The number of unbranched alkanes of at least 4 members (excludes halogenated alkanes) is 4. The first-order chi connectivity index (χ1) is 16.6. The smallest absolute Gasteiger partial charge is 0.410 e. The van der Waals surface area contributed by atoms with Crippen molar-refractivity contribution in [2.45, 2.75) is 97.5 Å². The van der Waals surface area contributed by atoms with E-state index in [1.165, 1.54) is 24.8 Å². The Morgan fingerprint density at radius 3 is 2.11 bits per heavy atom. The quantitative estimate of drug-likeness (QED) is 0.124. The molecule has 0 heterocycles. The molecular weight excluding hydrogens is 442 g/mol. The van der Waals surface area contributed by atoms with Crippen LogP contribution in [0.15, 0.2) is 30.0 Å². The van der Waals surface area contributed by atoms with E-state index >= 15 is 0 Å². The second-order valence-electron chi connectivity index (χ2n) is 10.4. The fourth-order valence-corrected chi connectivity index (χ4v) is 4.12. The number of nitrogens with zero attached hydrogens (tertiary/aromatic N) is 1. The molecule has 0 aliphatic heterocycles. The first kappa shape index (κ1) is 28.7. The van der Waals surface area contributed by atoms with Crippen LogP contribution in [0.5, 0.6) is 0 Å². The van der Waals surface area contributed by atoms with E-state index in [1.807, 2.05) is 44.7 Å². The van der Waals surface area contributed by atoms with E-state index in [4.69, 9.17) is 14.2 Å². The van der Waals surface area contributed by atoms with Crippen LogP contribution in [0.4, 0.5) is 4.79 Å². The first-order valence-corrected chi connectivity index (χ1v) is 13.2. The van der Waals surface area contributed by atoms with E-state index in [9.17, 15) is 9.59 Å². The normalized spacial score (nSPS) is 14.9. The summed E-state index contributed by atoms with van der Waals surface area (Å²) in [4.78, 5) is 27.1. The molecule has 1 aromatic rings. The van der Waals surface area contributed by atoms with Gasteiger partial charge in [0.1, 0.15) is 5.60 Å². The molecular formula is C29H45NO5. The molecule has 0 radical (unpaired) electrons. The SMILES string of the molecule is CCCCCCCN(CC1(c2ccc(C=C(OCC)C(=O)OCC)cc2)CC1)C(=O)OC(C)(C)C. The first-order valence-electron chi connectivity index (χ1n) is 13.2. The molecule has 1 aliphatic carbocycles. The maximum absolute atomic E-state index is 13.0. The van der Waals surface area contributed by atoms with Crippen LogP contribution >= 0.6 is 0 Å². The highest BCUT2D eigenvalue weighted by atomic mass is 16.6. The number of hydrogen-bond donors (Lipinski definition) is 0. The summed E-state index contributed by atoms with van der Waals surface area (Å²) >= 11 is 0. The van der Waals surface area contributed by atoms with Gasteiger partial charge in [-0.05, 0) is 71.1 Å². The predicted molar refractivity (Wildman–Crippen MR) is 140 cm³/mol. The van der Waals surface area contributed by atoms with Crippen molar-refractivity contribution in [3.8, 4) is 0 Å². The highest BCUT2D eigenvalue weighted by Crippen LogP contribution is 2.49. The van der Waals surface area contributed by atoms with Crippen molar-refractivity contribution in [2.75, 3.05) is 26.3 Å². The Bertz CT molecular complexity index is 834. The molecule has 1 aliphatic rings. The van der Waals surface area contributed by atoms with Gasteiger partial charge in [-0.15, -0.1) is 0 Å². The number of rotatable bonds is 14. The van der Waals surface area contributed by atoms with E-state index in [0.717, 1.165) is 37.8 Å². The van der Waals surface area contributed by atoms with Crippen molar-refractivity contribution < 1.29 is 23.8 Å². The molecule has 0 aromatic heterocycles. The summed E-state index contributed by atoms with van der Waals surface area (Å²) in [5.74, 6) is -0.244. The topological polar surface area (TPSA) is 65.1 Å². The van der Waals surface area contributed by atoms with Gasteiger partial charge in [-0.25, -0.2) is 9.59 Å². The molecule has 6 heteroatoms. The number of ether oxygens (including phenoxy) is 3. The van der Waals surface area contributed by atoms with Gasteiger partial charge < -0.3 is 19.1 Å². The summed E-state index contributed by atoms with van der Waals surface area (Å²) < 4.78 is 16.3. The van der Waals surface area contributed by atoms with E-state index < -0.39 is 11.6 Å². The maximum atomic E-state index is 13.0. The van der Waals surface area contributed by atoms with Gasteiger partial charge >= 0.3 is 12.1 Å². The molecule has 1 aromatic carbocycles. The van der Waals surface area contributed by atoms with Crippen LogP contribution in [0.3, 0.4) is 0 Å². The number of carbonyl (C=O) groups is 2. The van der Waals surface area contributed by atoms with E-state index in [-0.39, 0.29) is 17.3 Å². The number of benzene rings is 1. The van der Waals surface area contributed by atoms with Crippen molar-refractivity contribution in [3.05, 3.63) is 41.2 Å². The molecule has 0 saturated heterocycles. The monoisotopic (exact) mass is 487 g/mol. The highest BCUT2D eigenvalue weighted by Gasteiger charge is 2.46. The van der Waals surface area contributed by atoms with Crippen LogP contribution in [0, 0.1) is 0 Å². The number of amides is 1. The fourth-order valence-electron chi connectivity index (χ4n) is 4.12. The van der Waals surface area contributed by atoms with Crippen molar-refractivity contribution in [1.29, 1.82) is 0 Å². The molecule has 0 atom stereocenters. The zero-order valence-electron chi connectivity index (χ0n) is 22.7. The average Bonchev–Trinajstić information content (AvgIpc) is 3.58. The summed E-state index contributed by atoms with van der Waals surface area (Å²) in [7, 11) is 0. The van der Waals surface area contributed by atoms with Crippen LogP contribution in [-0.2, 0) is 24.4 Å². The van der Waals surface area contributed by atoms with Crippen LogP contribution in [0.2, 0.25) is 0 Å². The maximum Gasteiger partial charge on any atom is 0.410 e. The Balaban J connectivity index is 2.13. The predicted octanol–water partition coefficient (Wildman–Crippen LogP) is 6.87. The van der Waals surface area contributed by atoms with E-state index in [1.54, 1.807) is 13.0 Å². The number of carbonyl (C=O) groups excluding carboxylic acids is 2. The zero-order chi connectivity index (χ0) is 25.9. The van der Waals surface area contributed by atoms with Gasteiger partial charge in [0.25, 0.3) is 0 Å². The van der Waals surface area contributed by atoms with Crippen molar-refractivity contribution >= 4 is 18.1 Å². The van der Waals surface area contributed by atoms with Gasteiger partial charge in [-0.3, -0.25) is 0 Å². The van der Waals surface area contributed by atoms with Crippen molar-refractivity contribution in [2.24, 2.45) is 0 Å². The van der Waals surface area contributed by atoms with Gasteiger partial charge in [-0.2, -0.15) is 0 Å². The molecule has 196 valence electrons. The lowest BCUT2D eigenvalue weighted by atomic mass is 9.94. The van der Waals surface area contributed by atoms with Gasteiger partial charge in [0, 0.05) is 18.5 Å². The Labute approximate surface area is 212 Å². The van der Waals surface area contributed by atoms with Gasteiger partial charge in [-0.1, -0.05) is 56.9 Å². The van der Waals surface area contributed by atoms with Crippen LogP contribution in [-0.4, -0.2) is 48.9 Å². The number of hydrogen-bond acceptors (Lipinski definition) is 5. The molecule has 0 N–H and O–H groups in total. The molecule has 2 rings (SSSR count). The van der Waals surface area contributed by atoms with Gasteiger partial charge in [0.05, 0.1) is 13.2 Å². The molecule has 0 unspecified atom stereocenters. The summed E-state index contributed by atoms with van der Waals surface area (Å²) in [6.45, 7) is 13.6. The highest BCUT2D eigenvalue weighted by molar-refractivity contribution is 5.91. The fraction of sp³-hybridized carbons (Fsp3) is 0.655. The molecule has 1 saturated carbocycles. The second kappa shape index (κ2) is 13.6. The lowest BCUT2D eigenvalue weighted by molar-refractivity contribution is -0.142. The average molecular weight is 488 g/mol. The summed E-state index contributed by atoms with van der Waals surface area (Å²) in [5, 5.41) is 0. The molecule has 35 heavy (non-hydrogen) atoms. The Morgan fingerprint density at radius 1 is 0.943 bits per heavy atom. The Kier molecular flexibility index (Phi) is 11.1.